The van der Waals surface area contributed by atoms with Crippen LogP contribution in [0, 0.1) is 0 Å². The van der Waals surface area contributed by atoms with Crippen molar-refractivity contribution in [3.05, 3.63) is 44.6 Å². The van der Waals surface area contributed by atoms with E-state index in [-0.39, 0.29) is 5.71 Å². The largest absolute Gasteiger partial charge is 0.494 e. The van der Waals surface area contributed by atoms with E-state index in [0.717, 1.165) is 29.5 Å². The van der Waals surface area contributed by atoms with Gasteiger partial charge in [0, 0.05) is 10.9 Å². The molecule has 0 aliphatic rings. The monoisotopic (exact) mass is 388 g/mol. The van der Waals surface area contributed by atoms with Crippen molar-refractivity contribution in [3.8, 4) is 5.75 Å². The summed E-state index contributed by atoms with van der Waals surface area (Å²) in [6.45, 7) is 3.25. The minimum absolute atomic E-state index is 0.217. The first-order valence-electron chi connectivity index (χ1n) is 10.1. The quantitative estimate of drug-likeness (QED) is 0.398. The van der Waals surface area contributed by atoms with Crippen LogP contribution in [0.5, 0.6) is 5.75 Å². The molecule has 3 aromatic rings. The van der Waals surface area contributed by atoms with Crippen LogP contribution in [0.4, 0.5) is 0 Å². The second-order valence-corrected chi connectivity index (χ2v) is 7.03. The number of aromatic nitrogens is 1. The van der Waals surface area contributed by atoms with Gasteiger partial charge in [0.05, 0.1) is 12.1 Å². The van der Waals surface area contributed by atoms with E-state index in [0.29, 0.717) is 25.1 Å². The molecule has 0 saturated heterocycles. The van der Waals surface area contributed by atoms with Crippen LogP contribution in [-0.4, -0.2) is 17.7 Å². The number of nitrogens with two attached hydrogens (primary N) is 1. The summed E-state index contributed by atoms with van der Waals surface area (Å²) in [4.78, 5) is 23.1. The van der Waals surface area contributed by atoms with Gasteiger partial charge in [-0.3, -0.25) is 0 Å². The minimum Gasteiger partial charge on any atom is -0.494 e. The Kier molecular flexibility index (Phi) is 6.92. The molecule has 0 bridgehead atoms. The van der Waals surface area contributed by atoms with Crippen LogP contribution in [0.15, 0.2) is 36.7 Å². The molecule has 2 heterocycles. The zero-order valence-corrected chi connectivity index (χ0v) is 16.4. The summed E-state index contributed by atoms with van der Waals surface area (Å²) in [5, 5.41) is 0.806. The Balaban J connectivity index is 1.73. The fraction of sp³-hybridized carbons (Fsp3) is 0.524. The first-order valence-corrected chi connectivity index (χ1v) is 10.1. The fourth-order valence-corrected chi connectivity index (χ4v) is 3.45. The van der Waals surface area contributed by atoms with Crippen molar-refractivity contribution in [2.45, 2.75) is 58.3 Å². The minimum atomic E-state index is -1.04. The third kappa shape index (κ3) is 4.47. The molecule has 0 amide bonds. The van der Waals surface area contributed by atoms with Gasteiger partial charge in [0.1, 0.15) is 5.75 Å². The highest BCUT2D eigenvalue weighted by Crippen LogP contribution is 2.29. The predicted molar refractivity (Wildman–Crippen MR) is 108 cm³/mol. The van der Waals surface area contributed by atoms with Gasteiger partial charge in [0.25, 0.3) is 0 Å². The van der Waals surface area contributed by atoms with E-state index in [1.54, 1.807) is 6.07 Å². The lowest BCUT2D eigenvalue weighted by atomic mass is 10.1. The fourth-order valence-electron chi connectivity index (χ4n) is 3.45. The summed E-state index contributed by atoms with van der Waals surface area (Å²) in [7, 11) is 0. The molecule has 0 aliphatic heterocycles. The molecule has 2 aromatic heterocycles. The number of ether oxygens (including phenoxy) is 1. The van der Waals surface area contributed by atoms with Crippen molar-refractivity contribution in [3.63, 3.8) is 0 Å². The van der Waals surface area contributed by atoms with Crippen LogP contribution in [0.1, 0.15) is 57.4 Å². The molecule has 1 aromatic carbocycles. The van der Waals surface area contributed by atoms with Crippen molar-refractivity contribution in [1.29, 1.82) is 0 Å². The molecule has 0 radical (unpaired) electrons. The maximum Gasteiger partial charge on any atom is 0.442 e. The average Bonchev–Trinajstić information content (AvgIpc) is 2.97. The molecule has 0 saturated carbocycles. The molecule has 7 heteroatoms. The Morgan fingerprint density at radius 1 is 1.04 bits per heavy atom. The molecule has 28 heavy (non-hydrogen) atoms. The van der Waals surface area contributed by atoms with Crippen LogP contribution >= 0.6 is 0 Å². The Morgan fingerprint density at radius 2 is 1.79 bits per heavy atom. The van der Waals surface area contributed by atoms with E-state index in [1.807, 2.05) is 12.1 Å². The highest BCUT2D eigenvalue weighted by molar-refractivity contribution is 5.90. The van der Waals surface area contributed by atoms with Crippen molar-refractivity contribution in [2.24, 2.45) is 5.73 Å². The predicted octanol–water partition coefficient (Wildman–Crippen LogP) is 3.63. The Morgan fingerprint density at radius 3 is 2.54 bits per heavy atom. The molecule has 0 spiro atoms. The highest BCUT2D eigenvalue weighted by atomic mass is 16.5. The van der Waals surface area contributed by atoms with Gasteiger partial charge in [-0.25, -0.2) is 9.59 Å². The zero-order valence-electron chi connectivity index (χ0n) is 16.4. The Hall–Kier alpha value is -2.54. The molecule has 2 N–H and O–H groups in total. The molecule has 0 atom stereocenters. The van der Waals surface area contributed by atoms with Crippen molar-refractivity contribution >= 4 is 16.6 Å². The molecule has 0 unspecified atom stereocenters. The number of benzene rings is 1. The van der Waals surface area contributed by atoms with Gasteiger partial charge >= 0.3 is 11.3 Å². The average molecular weight is 388 g/mol. The summed E-state index contributed by atoms with van der Waals surface area (Å²) >= 11 is 0. The maximum atomic E-state index is 11.6. The number of hydrogen-bond donors (Lipinski definition) is 1. The summed E-state index contributed by atoms with van der Waals surface area (Å²) in [5.41, 5.74) is 5.24. The van der Waals surface area contributed by atoms with Gasteiger partial charge in [-0.15, -0.1) is 4.57 Å². The summed E-state index contributed by atoms with van der Waals surface area (Å²) in [6, 6.07) is 5.51. The zero-order chi connectivity index (χ0) is 19.9. The lowest BCUT2D eigenvalue weighted by molar-refractivity contribution is 0.286. The van der Waals surface area contributed by atoms with Crippen LogP contribution in [0.2, 0.25) is 0 Å². The molecular formula is C21H28N2O5. The van der Waals surface area contributed by atoms with E-state index in [9.17, 15) is 9.59 Å². The van der Waals surface area contributed by atoms with E-state index in [2.05, 4.69) is 6.92 Å². The van der Waals surface area contributed by atoms with Crippen molar-refractivity contribution in [2.75, 3.05) is 13.2 Å². The summed E-state index contributed by atoms with van der Waals surface area (Å²) < 4.78 is 17.4. The summed E-state index contributed by atoms with van der Waals surface area (Å²) in [6.07, 6.45) is 9.09. The molecular weight excluding hydrogens is 360 g/mol. The SMILES string of the molecule is CCCCCCCCCOc1ccc2c(c1)c(CCN)c1oc(=O)c(=O)on12. The van der Waals surface area contributed by atoms with Gasteiger partial charge in [-0.2, -0.15) is 0 Å². The van der Waals surface area contributed by atoms with E-state index >= 15 is 0 Å². The third-order valence-corrected chi connectivity index (χ3v) is 4.90. The second-order valence-electron chi connectivity index (χ2n) is 7.03. The van der Waals surface area contributed by atoms with Crippen LogP contribution < -0.4 is 21.7 Å². The van der Waals surface area contributed by atoms with E-state index < -0.39 is 11.3 Å². The smallest absolute Gasteiger partial charge is 0.442 e. The maximum absolute atomic E-state index is 11.6. The van der Waals surface area contributed by atoms with E-state index in [1.165, 1.54) is 36.7 Å². The first-order chi connectivity index (χ1) is 13.7. The van der Waals surface area contributed by atoms with Crippen LogP contribution in [0.25, 0.3) is 16.6 Å². The lowest BCUT2D eigenvalue weighted by Gasteiger charge is -2.07. The number of hydrogen-bond acceptors (Lipinski definition) is 6. The summed E-state index contributed by atoms with van der Waals surface area (Å²) in [5.74, 6) is 0.734. The number of fused-ring (bicyclic) bond motifs is 3. The third-order valence-electron chi connectivity index (χ3n) is 4.90. The van der Waals surface area contributed by atoms with Gasteiger partial charge in [-0.1, -0.05) is 45.4 Å². The highest BCUT2D eigenvalue weighted by Gasteiger charge is 2.18. The lowest BCUT2D eigenvalue weighted by Crippen LogP contribution is -2.23. The molecule has 0 aliphatic carbocycles. The first kappa shape index (κ1) is 20.2. The normalized spacial score (nSPS) is 11.5. The Labute approximate surface area is 163 Å². The van der Waals surface area contributed by atoms with Gasteiger partial charge < -0.3 is 19.4 Å². The van der Waals surface area contributed by atoms with Crippen molar-refractivity contribution < 1.29 is 13.7 Å². The standard InChI is InChI=1S/C21H28N2O5/c1-2-3-4-5-6-7-8-13-26-15-9-10-18-17(14-15)16(11-12-22)19-23(18)28-21(25)20(24)27-19/h9-10,14H,2-8,11-13,22H2,1H3. The number of rotatable bonds is 11. The number of unbranched alkanes of at least 4 members (excludes halogenated alkanes) is 6. The molecule has 7 nitrogen and oxygen atoms in total. The van der Waals surface area contributed by atoms with Crippen molar-refractivity contribution in [1.82, 2.24) is 4.57 Å². The molecule has 0 fully saturated rings. The molecule has 152 valence electrons. The number of nitrogens with zero attached hydrogens (tertiary/aromatic N) is 1. The molecule has 3 rings (SSSR count). The van der Waals surface area contributed by atoms with Gasteiger partial charge in [-0.05, 0) is 37.6 Å². The van der Waals surface area contributed by atoms with E-state index in [4.69, 9.17) is 19.4 Å². The topological polar surface area (TPSA) is 100 Å². The van der Waals surface area contributed by atoms with Crippen LogP contribution in [-0.2, 0) is 6.42 Å². The van der Waals surface area contributed by atoms with Gasteiger partial charge in [0.15, 0.2) is 0 Å². The van der Waals surface area contributed by atoms with Gasteiger partial charge in [0.2, 0.25) is 5.71 Å². The van der Waals surface area contributed by atoms with Crippen LogP contribution in [0.3, 0.4) is 0 Å². The second kappa shape index (κ2) is 9.59. The Bertz CT molecular complexity index is 1030.